The summed E-state index contributed by atoms with van der Waals surface area (Å²) in [5, 5.41) is 4.39. The first-order chi connectivity index (χ1) is 14.0. The topological polar surface area (TPSA) is 71.5 Å². The van der Waals surface area contributed by atoms with E-state index in [0.29, 0.717) is 35.4 Å². The highest BCUT2D eigenvalue weighted by Gasteiger charge is 2.32. The molecule has 31 heavy (non-hydrogen) atoms. The minimum atomic E-state index is -3.76. The third kappa shape index (κ3) is 5.27. The molecule has 4 rings (SSSR count). The van der Waals surface area contributed by atoms with E-state index in [1.807, 2.05) is 6.92 Å². The third-order valence-electron chi connectivity index (χ3n) is 5.00. The lowest BCUT2D eigenvalue weighted by atomic mass is 10.1. The number of halogens is 3. The van der Waals surface area contributed by atoms with E-state index in [1.165, 1.54) is 30.5 Å². The molecule has 1 atom stereocenters. The maximum absolute atomic E-state index is 13.6. The van der Waals surface area contributed by atoms with Crippen molar-refractivity contribution in [1.29, 1.82) is 0 Å². The highest BCUT2D eigenvalue weighted by molar-refractivity contribution is 7.89. The number of ether oxygens (including phenoxy) is 1. The van der Waals surface area contributed by atoms with Gasteiger partial charge in [-0.2, -0.15) is 4.31 Å². The molecule has 0 unspecified atom stereocenters. The Kier molecular flexibility index (Phi) is 8.62. The highest BCUT2D eigenvalue weighted by Crippen LogP contribution is 2.35. The molecule has 2 heterocycles. The van der Waals surface area contributed by atoms with Crippen molar-refractivity contribution in [3.05, 3.63) is 60.7 Å². The van der Waals surface area contributed by atoms with E-state index in [0.717, 1.165) is 13.0 Å². The van der Waals surface area contributed by atoms with Crippen molar-refractivity contribution in [2.75, 3.05) is 19.6 Å². The van der Waals surface area contributed by atoms with Crippen molar-refractivity contribution in [3.8, 4) is 11.5 Å². The summed E-state index contributed by atoms with van der Waals surface area (Å²) in [4.78, 5) is 4.36. The summed E-state index contributed by atoms with van der Waals surface area (Å²) in [6, 6.07) is 10.5. The Morgan fingerprint density at radius 3 is 2.61 bits per heavy atom. The summed E-state index contributed by atoms with van der Waals surface area (Å²) in [6.07, 6.45) is 3.84. The van der Waals surface area contributed by atoms with Crippen LogP contribution in [-0.2, 0) is 10.0 Å². The van der Waals surface area contributed by atoms with Crippen molar-refractivity contribution >= 4 is 45.6 Å². The molecule has 1 aliphatic rings. The Morgan fingerprint density at radius 2 is 1.87 bits per heavy atom. The van der Waals surface area contributed by atoms with E-state index >= 15 is 0 Å². The van der Waals surface area contributed by atoms with Crippen LogP contribution in [0.3, 0.4) is 0 Å². The molecule has 6 nitrogen and oxygen atoms in total. The number of nitrogens with zero attached hydrogens (tertiary/aromatic N) is 2. The molecule has 0 radical (unpaired) electrons. The van der Waals surface area contributed by atoms with Gasteiger partial charge in [0.15, 0.2) is 5.75 Å². The molecule has 0 saturated carbocycles. The van der Waals surface area contributed by atoms with Gasteiger partial charge in [-0.1, -0.05) is 12.1 Å². The maximum Gasteiger partial charge on any atom is 0.244 e. The Morgan fingerprint density at radius 1 is 1.13 bits per heavy atom. The van der Waals surface area contributed by atoms with Crippen LogP contribution in [0.25, 0.3) is 10.8 Å². The zero-order valence-corrected chi connectivity index (χ0v) is 19.3. The first kappa shape index (κ1) is 25.3. The Bertz CT molecular complexity index is 1130. The molecule has 0 amide bonds. The van der Waals surface area contributed by atoms with E-state index in [2.05, 4.69) is 10.3 Å². The Labute approximate surface area is 193 Å². The van der Waals surface area contributed by atoms with Gasteiger partial charge in [0.1, 0.15) is 11.6 Å². The number of fused-ring (bicyclic) bond motifs is 1. The zero-order valence-electron chi connectivity index (χ0n) is 16.8. The van der Waals surface area contributed by atoms with Crippen molar-refractivity contribution < 1.29 is 17.5 Å². The van der Waals surface area contributed by atoms with Gasteiger partial charge < -0.3 is 10.1 Å². The normalized spacial score (nSPS) is 17.3. The Hall–Kier alpha value is -1.97. The molecule has 0 spiro atoms. The van der Waals surface area contributed by atoms with Gasteiger partial charge in [0.2, 0.25) is 10.0 Å². The maximum atomic E-state index is 13.6. The lowest BCUT2D eigenvalue weighted by molar-refractivity contribution is 0.353. The standard InChI is InChI=1S/C21H22FN3O3S.2ClH/c1-15-12-23-10-3-11-25(15)29(26,27)20-5-2-4-16-13-24-14-19(21(16)20)28-18-8-6-17(22)7-9-18;;/h2,4-9,13-15,23H,3,10-12H2,1H3;2*1H/t15-;;/m0../s1. The molecular weight excluding hydrogens is 464 g/mol. The number of hydrogen-bond acceptors (Lipinski definition) is 5. The molecule has 1 aliphatic heterocycles. The summed E-state index contributed by atoms with van der Waals surface area (Å²) in [7, 11) is -3.76. The largest absolute Gasteiger partial charge is 0.455 e. The lowest BCUT2D eigenvalue weighted by Crippen LogP contribution is -2.41. The monoisotopic (exact) mass is 487 g/mol. The van der Waals surface area contributed by atoms with Crippen LogP contribution in [0.1, 0.15) is 13.3 Å². The van der Waals surface area contributed by atoms with Crippen LogP contribution >= 0.6 is 24.8 Å². The Balaban J connectivity index is 0.00000171. The van der Waals surface area contributed by atoms with Crippen LogP contribution in [0, 0.1) is 5.82 Å². The second kappa shape index (κ2) is 10.6. The summed E-state index contributed by atoms with van der Waals surface area (Å²) >= 11 is 0. The van der Waals surface area contributed by atoms with E-state index < -0.39 is 10.0 Å². The second-order valence-corrected chi connectivity index (χ2v) is 8.93. The third-order valence-corrected chi connectivity index (χ3v) is 7.06. The van der Waals surface area contributed by atoms with Crippen LogP contribution in [0.2, 0.25) is 0 Å². The van der Waals surface area contributed by atoms with Crippen LogP contribution in [0.5, 0.6) is 11.5 Å². The number of sulfonamides is 1. The fourth-order valence-corrected chi connectivity index (χ4v) is 5.46. The van der Waals surface area contributed by atoms with Gasteiger partial charge in [-0.05, 0) is 50.2 Å². The molecule has 1 N–H and O–H groups in total. The van der Waals surface area contributed by atoms with E-state index in [-0.39, 0.29) is 41.6 Å². The van der Waals surface area contributed by atoms with Crippen molar-refractivity contribution in [3.63, 3.8) is 0 Å². The van der Waals surface area contributed by atoms with Crippen molar-refractivity contribution in [1.82, 2.24) is 14.6 Å². The van der Waals surface area contributed by atoms with Crippen LogP contribution < -0.4 is 10.1 Å². The average Bonchev–Trinajstić information content (AvgIpc) is 2.94. The summed E-state index contributed by atoms with van der Waals surface area (Å²) in [5.41, 5.74) is 0. The summed E-state index contributed by atoms with van der Waals surface area (Å²) < 4.78 is 47.8. The number of benzene rings is 2. The van der Waals surface area contributed by atoms with Crippen molar-refractivity contribution in [2.24, 2.45) is 0 Å². The number of rotatable bonds is 4. The molecule has 1 fully saturated rings. The smallest absolute Gasteiger partial charge is 0.244 e. The van der Waals surface area contributed by atoms with E-state index in [1.54, 1.807) is 28.7 Å². The predicted molar refractivity (Wildman–Crippen MR) is 124 cm³/mol. The second-order valence-electron chi connectivity index (χ2n) is 7.07. The van der Waals surface area contributed by atoms with Crippen LogP contribution in [0.4, 0.5) is 4.39 Å². The average molecular weight is 488 g/mol. The molecule has 0 aliphatic carbocycles. The van der Waals surface area contributed by atoms with Crippen LogP contribution in [0.15, 0.2) is 59.8 Å². The molecule has 1 saturated heterocycles. The lowest BCUT2D eigenvalue weighted by Gasteiger charge is -2.26. The number of hydrogen-bond donors (Lipinski definition) is 1. The molecule has 1 aromatic heterocycles. The minimum absolute atomic E-state index is 0. The number of pyridine rings is 1. The van der Waals surface area contributed by atoms with Gasteiger partial charge >= 0.3 is 0 Å². The van der Waals surface area contributed by atoms with Crippen molar-refractivity contribution in [2.45, 2.75) is 24.3 Å². The fourth-order valence-electron chi connectivity index (χ4n) is 3.57. The van der Waals surface area contributed by atoms with Gasteiger partial charge in [0.05, 0.1) is 11.1 Å². The SMILES string of the molecule is C[C@H]1CNCCCN1S(=O)(=O)c1cccc2cncc(Oc3ccc(F)cc3)c12.Cl.Cl. The first-order valence-electron chi connectivity index (χ1n) is 9.49. The minimum Gasteiger partial charge on any atom is -0.455 e. The highest BCUT2D eigenvalue weighted by atomic mass is 35.5. The van der Waals surface area contributed by atoms with E-state index in [9.17, 15) is 12.8 Å². The molecule has 2 aromatic carbocycles. The molecular formula is C21H24Cl2FN3O3S. The van der Waals surface area contributed by atoms with Gasteiger partial charge in [0.25, 0.3) is 0 Å². The summed E-state index contributed by atoms with van der Waals surface area (Å²) in [5.74, 6) is 0.342. The molecule has 10 heteroatoms. The van der Waals surface area contributed by atoms with Gasteiger partial charge in [-0.15, -0.1) is 24.8 Å². The molecule has 0 bridgehead atoms. The zero-order chi connectivity index (χ0) is 20.4. The fraction of sp³-hybridized carbons (Fsp3) is 0.286. The number of aromatic nitrogens is 1. The van der Waals surface area contributed by atoms with Crippen LogP contribution in [-0.4, -0.2) is 43.4 Å². The molecule has 3 aromatic rings. The number of nitrogens with one attached hydrogen (secondary N) is 1. The van der Waals surface area contributed by atoms with E-state index in [4.69, 9.17) is 4.74 Å². The first-order valence-corrected chi connectivity index (χ1v) is 10.9. The predicted octanol–water partition coefficient (Wildman–Crippen LogP) is 4.38. The van der Waals surface area contributed by atoms with Gasteiger partial charge in [-0.3, -0.25) is 4.98 Å². The summed E-state index contributed by atoms with van der Waals surface area (Å²) in [6.45, 7) is 3.74. The molecule has 168 valence electrons. The van der Waals surface area contributed by atoms with Gasteiger partial charge in [-0.25, -0.2) is 12.8 Å². The van der Waals surface area contributed by atoms with Gasteiger partial charge in [0, 0.05) is 36.1 Å². The quantitative estimate of drug-likeness (QED) is 0.590.